The fourth-order valence-electron chi connectivity index (χ4n) is 1.93. The van der Waals surface area contributed by atoms with Crippen LogP contribution in [0.25, 0.3) is 0 Å². The second-order valence-electron chi connectivity index (χ2n) is 4.50. The first-order valence-electron chi connectivity index (χ1n) is 6.14. The summed E-state index contributed by atoms with van der Waals surface area (Å²) in [5.41, 5.74) is 6.50. The zero-order valence-electron chi connectivity index (χ0n) is 10.3. The second-order valence-corrected chi connectivity index (χ2v) is 5.45. The fraction of sp³-hybridized carbons (Fsp3) is 0.417. The predicted octanol–water partition coefficient (Wildman–Crippen LogP) is 1.90. The van der Waals surface area contributed by atoms with Crippen LogP contribution in [0, 0.1) is 5.82 Å². The lowest BCUT2D eigenvalue weighted by Gasteiger charge is -2.07. The second kappa shape index (κ2) is 5.26. The molecule has 0 aliphatic heterocycles. The third-order valence-electron chi connectivity index (χ3n) is 2.96. The zero-order valence-corrected chi connectivity index (χ0v) is 11.1. The molecule has 0 radical (unpaired) electrons. The highest BCUT2D eigenvalue weighted by Crippen LogP contribution is 2.39. The summed E-state index contributed by atoms with van der Waals surface area (Å²) in [7, 11) is 0. The minimum Gasteiger partial charge on any atom is -0.324 e. The van der Waals surface area contributed by atoms with Gasteiger partial charge in [-0.05, 0) is 24.5 Å². The van der Waals surface area contributed by atoms with Crippen molar-refractivity contribution in [1.82, 2.24) is 19.7 Å². The summed E-state index contributed by atoms with van der Waals surface area (Å²) < 4.78 is 15.2. The fourth-order valence-corrected chi connectivity index (χ4v) is 2.87. The zero-order chi connectivity index (χ0) is 13.2. The first-order chi connectivity index (χ1) is 9.28. The number of nitrogens with zero attached hydrogens (tertiary/aromatic N) is 4. The van der Waals surface area contributed by atoms with E-state index in [9.17, 15) is 4.39 Å². The maximum absolute atomic E-state index is 13.0. The van der Waals surface area contributed by atoms with Crippen molar-refractivity contribution < 1.29 is 4.39 Å². The Morgan fingerprint density at radius 2 is 2.21 bits per heavy atom. The molecule has 0 unspecified atom stereocenters. The van der Waals surface area contributed by atoms with Crippen molar-refractivity contribution in [2.45, 2.75) is 36.3 Å². The number of nitrogens with two attached hydrogens (primary N) is 1. The number of aromatic nitrogens is 4. The molecule has 19 heavy (non-hydrogen) atoms. The maximum atomic E-state index is 13.0. The van der Waals surface area contributed by atoms with Crippen LogP contribution in [0.15, 0.2) is 23.6 Å². The Kier molecular flexibility index (Phi) is 3.48. The number of hydrogen-bond acceptors (Lipinski definition) is 5. The van der Waals surface area contributed by atoms with Crippen molar-refractivity contribution in [3.63, 3.8) is 0 Å². The Balaban J connectivity index is 1.75. The minimum absolute atomic E-state index is 0.315. The van der Waals surface area contributed by atoms with Crippen LogP contribution in [0.5, 0.6) is 0 Å². The van der Waals surface area contributed by atoms with Gasteiger partial charge in [0.1, 0.15) is 11.6 Å². The molecule has 2 aromatic rings. The third kappa shape index (κ3) is 2.76. The normalized spacial score (nSPS) is 14.8. The summed E-state index contributed by atoms with van der Waals surface area (Å²) in [5.74, 6) is 1.13. The molecule has 0 saturated heterocycles. The minimum atomic E-state index is -0.315. The van der Waals surface area contributed by atoms with Crippen LogP contribution in [0.2, 0.25) is 0 Å². The van der Waals surface area contributed by atoms with Crippen molar-refractivity contribution in [3.8, 4) is 0 Å². The van der Waals surface area contributed by atoms with E-state index in [-0.39, 0.29) is 5.82 Å². The number of halogens is 1. The molecule has 0 spiro atoms. The van der Waals surface area contributed by atoms with E-state index in [4.69, 9.17) is 5.73 Å². The lowest BCUT2D eigenvalue weighted by molar-refractivity contribution is 0.619. The monoisotopic (exact) mass is 279 g/mol. The van der Waals surface area contributed by atoms with Crippen molar-refractivity contribution in [1.29, 1.82) is 0 Å². The molecule has 5 nitrogen and oxygen atoms in total. The van der Waals surface area contributed by atoms with E-state index in [0.29, 0.717) is 18.3 Å². The van der Waals surface area contributed by atoms with Gasteiger partial charge in [0.15, 0.2) is 5.16 Å². The molecule has 1 aliphatic rings. The molecule has 0 bridgehead atoms. The van der Waals surface area contributed by atoms with Gasteiger partial charge in [0.25, 0.3) is 0 Å². The number of pyridine rings is 1. The van der Waals surface area contributed by atoms with E-state index in [2.05, 4.69) is 19.7 Å². The highest BCUT2D eigenvalue weighted by Gasteiger charge is 2.29. The molecule has 2 heterocycles. The molecular formula is C12H14FN5S. The van der Waals surface area contributed by atoms with E-state index in [1.165, 1.54) is 12.3 Å². The Morgan fingerprint density at radius 1 is 1.37 bits per heavy atom. The summed E-state index contributed by atoms with van der Waals surface area (Å²) in [6.45, 7) is 0.394. The quantitative estimate of drug-likeness (QED) is 0.846. The molecule has 3 rings (SSSR count). The predicted molar refractivity (Wildman–Crippen MR) is 69.9 cm³/mol. The first-order valence-corrected chi connectivity index (χ1v) is 7.12. The van der Waals surface area contributed by atoms with Gasteiger partial charge in [-0.15, -0.1) is 10.2 Å². The average molecular weight is 279 g/mol. The van der Waals surface area contributed by atoms with Crippen molar-refractivity contribution in [2.24, 2.45) is 5.73 Å². The van der Waals surface area contributed by atoms with Gasteiger partial charge in [-0.25, -0.2) is 4.39 Å². The Morgan fingerprint density at radius 3 is 2.89 bits per heavy atom. The summed E-state index contributed by atoms with van der Waals surface area (Å²) in [5, 5.41) is 9.12. The van der Waals surface area contributed by atoms with Crippen LogP contribution in [0.1, 0.15) is 30.3 Å². The summed E-state index contributed by atoms with van der Waals surface area (Å²) in [4.78, 5) is 3.84. The van der Waals surface area contributed by atoms with Gasteiger partial charge in [0, 0.05) is 18.0 Å². The van der Waals surface area contributed by atoms with Gasteiger partial charge in [-0.2, -0.15) is 0 Å². The van der Waals surface area contributed by atoms with Gasteiger partial charge in [-0.1, -0.05) is 11.8 Å². The van der Waals surface area contributed by atoms with Crippen molar-refractivity contribution in [3.05, 3.63) is 35.7 Å². The molecule has 0 aromatic carbocycles. The van der Waals surface area contributed by atoms with E-state index in [1.807, 2.05) is 0 Å². The van der Waals surface area contributed by atoms with Gasteiger partial charge in [-0.3, -0.25) is 4.98 Å². The highest BCUT2D eigenvalue weighted by atomic mass is 32.2. The maximum Gasteiger partial charge on any atom is 0.191 e. The summed E-state index contributed by atoms with van der Waals surface area (Å²) >= 11 is 1.54. The molecule has 0 amide bonds. The van der Waals surface area contributed by atoms with E-state index in [1.54, 1.807) is 18.0 Å². The smallest absolute Gasteiger partial charge is 0.191 e. The molecule has 1 saturated carbocycles. The lowest BCUT2D eigenvalue weighted by Crippen LogP contribution is -2.08. The average Bonchev–Trinajstić information content (AvgIpc) is 3.17. The summed E-state index contributed by atoms with van der Waals surface area (Å²) in [6, 6.07) is 1.98. The molecule has 0 atom stereocenters. The Labute approximate surface area is 114 Å². The van der Waals surface area contributed by atoms with Crippen molar-refractivity contribution >= 4 is 11.8 Å². The molecular weight excluding hydrogens is 265 g/mol. The van der Waals surface area contributed by atoms with Gasteiger partial charge in [0.2, 0.25) is 0 Å². The van der Waals surface area contributed by atoms with Crippen LogP contribution in [0.4, 0.5) is 4.39 Å². The number of thioether (sulfide) groups is 1. The SMILES string of the molecule is NCc1nnc(SCc2cncc(F)c2)n1C1CC1. The van der Waals surface area contributed by atoms with Crippen LogP contribution in [-0.4, -0.2) is 19.7 Å². The molecule has 2 N–H and O–H groups in total. The number of rotatable bonds is 5. The molecule has 1 aliphatic carbocycles. The van der Waals surface area contributed by atoms with E-state index < -0.39 is 0 Å². The van der Waals surface area contributed by atoms with Gasteiger partial charge >= 0.3 is 0 Å². The lowest BCUT2D eigenvalue weighted by atomic mass is 10.3. The third-order valence-corrected chi connectivity index (χ3v) is 3.97. The van der Waals surface area contributed by atoms with Crippen LogP contribution < -0.4 is 5.73 Å². The van der Waals surface area contributed by atoms with Gasteiger partial charge in [0.05, 0.1) is 12.7 Å². The van der Waals surface area contributed by atoms with Crippen LogP contribution >= 0.6 is 11.8 Å². The number of hydrogen-bond donors (Lipinski definition) is 1. The molecule has 100 valence electrons. The topological polar surface area (TPSA) is 69.6 Å². The highest BCUT2D eigenvalue weighted by molar-refractivity contribution is 7.98. The van der Waals surface area contributed by atoms with Crippen LogP contribution in [0.3, 0.4) is 0 Å². The Bertz CT molecular complexity index is 581. The van der Waals surface area contributed by atoms with E-state index in [0.717, 1.165) is 29.4 Å². The molecule has 7 heteroatoms. The largest absolute Gasteiger partial charge is 0.324 e. The summed E-state index contributed by atoms with van der Waals surface area (Å²) in [6.07, 6.45) is 5.17. The van der Waals surface area contributed by atoms with Crippen LogP contribution in [-0.2, 0) is 12.3 Å². The van der Waals surface area contributed by atoms with E-state index >= 15 is 0 Å². The first kappa shape index (κ1) is 12.6. The Hall–Kier alpha value is -1.47. The molecule has 2 aromatic heterocycles. The van der Waals surface area contributed by atoms with Gasteiger partial charge < -0.3 is 10.3 Å². The standard InChI is InChI=1S/C12H14FN5S/c13-9-3-8(5-15-6-9)7-19-12-17-16-11(4-14)18(12)10-1-2-10/h3,5-6,10H,1-2,4,7,14H2. The van der Waals surface area contributed by atoms with Crippen molar-refractivity contribution in [2.75, 3.05) is 0 Å². The molecule has 1 fully saturated rings.